The second-order valence-electron chi connectivity index (χ2n) is 3.40. The lowest BCUT2D eigenvalue weighted by atomic mass is 10.3. The van der Waals surface area contributed by atoms with E-state index in [2.05, 4.69) is 10.4 Å². The largest absolute Gasteiger partial charge is 0.480 e. The summed E-state index contributed by atoms with van der Waals surface area (Å²) in [5, 5.41) is 16.1. The normalized spacial score (nSPS) is 25.7. The second kappa shape index (κ2) is 4.24. The Morgan fingerprint density at radius 3 is 3.20 bits per heavy atom. The van der Waals surface area contributed by atoms with E-state index in [0.717, 1.165) is 12.1 Å². The molecule has 2 N–H and O–H groups in total. The summed E-state index contributed by atoms with van der Waals surface area (Å²) in [6, 6.07) is -0.440. The molecule has 0 aliphatic carbocycles. The third-order valence-electron chi connectivity index (χ3n) is 2.36. The van der Waals surface area contributed by atoms with Crippen molar-refractivity contribution in [1.82, 2.24) is 15.1 Å². The van der Waals surface area contributed by atoms with E-state index >= 15 is 0 Å². The van der Waals surface area contributed by atoms with Crippen LogP contribution < -0.4 is 5.32 Å². The van der Waals surface area contributed by atoms with Gasteiger partial charge in [0.05, 0.1) is 11.6 Å². The van der Waals surface area contributed by atoms with E-state index in [9.17, 15) is 4.79 Å². The zero-order valence-electron chi connectivity index (χ0n) is 8.38. The van der Waals surface area contributed by atoms with E-state index in [1.54, 1.807) is 18.0 Å². The van der Waals surface area contributed by atoms with Crippen LogP contribution in [0.4, 0.5) is 0 Å². The molecule has 1 aliphatic rings. The van der Waals surface area contributed by atoms with Crippen LogP contribution in [0, 0.1) is 0 Å². The number of hydrogen-bond donors (Lipinski definition) is 2. The average Bonchev–Trinajstić information content (AvgIpc) is 2.86. The number of hydrogen-bond acceptors (Lipinski definition) is 4. The van der Waals surface area contributed by atoms with E-state index in [1.165, 1.54) is 0 Å². The number of aliphatic carboxylic acids is 1. The minimum Gasteiger partial charge on any atom is -0.480 e. The highest BCUT2D eigenvalue weighted by Crippen LogP contribution is 2.32. The highest BCUT2D eigenvalue weighted by Gasteiger charge is 2.30. The summed E-state index contributed by atoms with van der Waals surface area (Å²) in [6.07, 6.45) is 3.74. The molecule has 0 radical (unpaired) electrons. The maximum Gasteiger partial charge on any atom is 0.321 e. The molecule has 1 saturated heterocycles. The maximum atomic E-state index is 10.7. The van der Waals surface area contributed by atoms with Gasteiger partial charge in [0.25, 0.3) is 0 Å². The third-order valence-corrected chi connectivity index (χ3v) is 3.63. The van der Waals surface area contributed by atoms with Crippen LogP contribution in [-0.2, 0) is 11.3 Å². The van der Waals surface area contributed by atoms with Gasteiger partial charge in [0, 0.05) is 24.1 Å². The van der Waals surface area contributed by atoms with Gasteiger partial charge < -0.3 is 5.11 Å². The monoisotopic (exact) mass is 227 g/mol. The Morgan fingerprint density at radius 2 is 2.67 bits per heavy atom. The van der Waals surface area contributed by atoms with Gasteiger partial charge >= 0.3 is 5.97 Å². The van der Waals surface area contributed by atoms with E-state index in [1.807, 2.05) is 17.8 Å². The van der Waals surface area contributed by atoms with Crippen LogP contribution in [0.2, 0.25) is 0 Å². The first-order valence-electron chi connectivity index (χ1n) is 4.83. The number of carboxylic acid groups (broad SMARTS) is 1. The first-order chi connectivity index (χ1) is 7.20. The lowest BCUT2D eigenvalue weighted by Crippen LogP contribution is -2.33. The van der Waals surface area contributed by atoms with Crippen molar-refractivity contribution in [2.75, 3.05) is 5.75 Å². The van der Waals surface area contributed by atoms with Crippen molar-refractivity contribution in [2.45, 2.75) is 24.9 Å². The molecule has 1 aromatic heterocycles. The van der Waals surface area contributed by atoms with E-state index in [0.29, 0.717) is 5.75 Å². The molecular weight excluding hydrogens is 214 g/mol. The summed E-state index contributed by atoms with van der Waals surface area (Å²) in [7, 11) is 0. The quantitative estimate of drug-likeness (QED) is 0.795. The van der Waals surface area contributed by atoms with Crippen LogP contribution in [-0.4, -0.2) is 32.7 Å². The Balaban J connectivity index is 2.04. The summed E-state index contributed by atoms with van der Waals surface area (Å²) in [5.74, 6) is -0.176. The van der Waals surface area contributed by atoms with Crippen molar-refractivity contribution in [3.05, 3.63) is 18.0 Å². The fourth-order valence-corrected chi connectivity index (χ4v) is 2.69. The van der Waals surface area contributed by atoms with E-state index in [-0.39, 0.29) is 5.37 Å². The molecule has 1 aromatic rings. The average molecular weight is 227 g/mol. The van der Waals surface area contributed by atoms with Gasteiger partial charge in [0.1, 0.15) is 6.04 Å². The Bertz CT molecular complexity index is 366. The van der Waals surface area contributed by atoms with E-state index in [4.69, 9.17) is 5.11 Å². The predicted octanol–water partition coefficient (Wildman–Crippen LogP) is 0.691. The molecule has 15 heavy (non-hydrogen) atoms. The number of aromatic nitrogens is 2. The van der Waals surface area contributed by atoms with Gasteiger partial charge in [-0.3, -0.25) is 14.8 Å². The number of carbonyl (C=O) groups is 1. The van der Waals surface area contributed by atoms with Crippen molar-refractivity contribution in [3.63, 3.8) is 0 Å². The highest BCUT2D eigenvalue weighted by molar-refractivity contribution is 7.99. The molecule has 0 aromatic carbocycles. The predicted molar refractivity (Wildman–Crippen MR) is 57.7 cm³/mol. The molecule has 0 unspecified atom stereocenters. The van der Waals surface area contributed by atoms with Crippen LogP contribution in [0.25, 0.3) is 0 Å². The van der Waals surface area contributed by atoms with Crippen LogP contribution in [0.15, 0.2) is 12.4 Å². The number of rotatable bonds is 3. The van der Waals surface area contributed by atoms with Gasteiger partial charge in [-0.05, 0) is 6.92 Å². The molecule has 2 heterocycles. The fraction of sp³-hybridized carbons (Fsp3) is 0.556. The van der Waals surface area contributed by atoms with Gasteiger partial charge in [-0.25, -0.2) is 0 Å². The van der Waals surface area contributed by atoms with Crippen molar-refractivity contribution < 1.29 is 9.90 Å². The van der Waals surface area contributed by atoms with Crippen molar-refractivity contribution in [1.29, 1.82) is 0 Å². The summed E-state index contributed by atoms with van der Waals surface area (Å²) in [5.41, 5.74) is 1.05. The summed E-state index contributed by atoms with van der Waals surface area (Å²) in [6.45, 7) is 2.85. The molecule has 0 saturated carbocycles. The molecule has 2 rings (SSSR count). The minimum atomic E-state index is -0.784. The molecule has 1 fully saturated rings. The van der Waals surface area contributed by atoms with Crippen LogP contribution in [0.5, 0.6) is 0 Å². The number of thioether (sulfide) groups is 1. The lowest BCUT2D eigenvalue weighted by Gasteiger charge is -2.07. The Kier molecular flexibility index (Phi) is 2.97. The van der Waals surface area contributed by atoms with Gasteiger partial charge in [0.2, 0.25) is 0 Å². The SMILES string of the molecule is CCn1cc([C@H]2N[C@H](C(=O)O)CS2)cn1. The van der Waals surface area contributed by atoms with Gasteiger partial charge in [-0.15, -0.1) is 11.8 Å². The number of nitrogens with one attached hydrogen (secondary N) is 1. The first-order valence-corrected chi connectivity index (χ1v) is 5.88. The second-order valence-corrected chi connectivity index (χ2v) is 4.54. The smallest absolute Gasteiger partial charge is 0.321 e. The Hall–Kier alpha value is -1.01. The molecule has 6 heteroatoms. The van der Waals surface area contributed by atoms with Gasteiger partial charge in [-0.1, -0.05) is 0 Å². The fourth-order valence-electron chi connectivity index (χ4n) is 1.49. The molecule has 0 amide bonds. The number of aryl methyl sites for hydroxylation is 1. The standard InChI is InChI=1S/C9H13N3O2S/c1-2-12-4-6(3-10-12)8-11-7(5-15-8)9(13)14/h3-4,7-8,11H,2,5H2,1H3,(H,13,14)/t7-,8-/m0/s1. The number of carboxylic acids is 1. The van der Waals surface area contributed by atoms with Crippen LogP contribution in [0.3, 0.4) is 0 Å². The maximum absolute atomic E-state index is 10.7. The summed E-state index contributed by atoms with van der Waals surface area (Å²) in [4.78, 5) is 10.7. The Morgan fingerprint density at radius 1 is 1.87 bits per heavy atom. The molecule has 82 valence electrons. The minimum absolute atomic E-state index is 0.0615. The molecule has 0 bridgehead atoms. The van der Waals surface area contributed by atoms with Crippen molar-refractivity contribution >= 4 is 17.7 Å². The molecule has 0 spiro atoms. The lowest BCUT2D eigenvalue weighted by molar-refractivity contribution is -0.138. The summed E-state index contributed by atoms with van der Waals surface area (Å²) < 4.78 is 1.84. The molecule has 2 atom stereocenters. The molecular formula is C9H13N3O2S. The van der Waals surface area contributed by atoms with Crippen molar-refractivity contribution in [3.8, 4) is 0 Å². The zero-order valence-corrected chi connectivity index (χ0v) is 9.20. The zero-order chi connectivity index (χ0) is 10.8. The van der Waals surface area contributed by atoms with Crippen molar-refractivity contribution in [2.24, 2.45) is 0 Å². The number of nitrogens with zero attached hydrogens (tertiary/aromatic N) is 2. The highest BCUT2D eigenvalue weighted by atomic mass is 32.2. The first kappa shape index (κ1) is 10.5. The Labute approximate surface area is 91.9 Å². The molecule has 1 aliphatic heterocycles. The summed E-state index contributed by atoms with van der Waals surface area (Å²) >= 11 is 1.61. The van der Waals surface area contributed by atoms with E-state index < -0.39 is 12.0 Å². The third kappa shape index (κ3) is 2.15. The van der Waals surface area contributed by atoms with Crippen LogP contribution in [0.1, 0.15) is 17.9 Å². The van der Waals surface area contributed by atoms with Crippen LogP contribution >= 0.6 is 11.8 Å². The van der Waals surface area contributed by atoms with Gasteiger partial charge in [0.15, 0.2) is 0 Å². The topological polar surface area (TPSA) is 67.2 Å². The molecule has 5 nitrogen and oxygen atoms in total. The van der Waals surface area contributed by atoms with Gasteiger partial charge in [-0.2, -0.15) is 5.10 Å².